The number of barbiturate groups is 1. The highest BCUT2D eigenvalue weighted by molar-refractivity contribution is 7.84. The van der Waals surface area contributed by atoms with E-state index in [1.807, 2.05) is 96.1 Å². The molecular weight excluding hydrogens is 1610 g/mol. The maximum atomic E-state index is 11.0. The summed E-state index contributed by atoms with van der Waals surface area (Å²) in [5.74, 6) is -2.59. The predicted molar refractivity (Wildman–Crippen MR) is 425 cm³/mol. The number of benzene rings is 5. The third-order valence-electron chi connectivity index (χ3n) is 13.6. The molecule has 5 aromatic carbocycles. The van der Waals surface area contributed by atoms with E-state index in [4.69, 9.17) is 35.3 Å². The number of unbranched alkanes of at least 4 members (excludes halogenated alkanes) is 1. The second-order valence-electron chi connectivity index (χ2n) is 23.4. The van der Waals surface area contributed by atoms with Crippen molar-refractivity contribution in [2.45, 2.75) is 162 Å². The largest absolute Gasteiger partial charge is 0.771 e. The Labute approximate surface area is 672 Å². The fraction of sp³-hybridized carbons (Fsp3) is 0.425. The zero-order valence-electron chi connectivity index (χ0n) is 63.8. The highest BCUT2D eigenvalue weighted by atomic mass is 35.5. The second kappa shape index (κ2) is 65.7. The number of nitrogens with one attached hydrogen (secondary N) is 1. The van der Waals surface area contributed by atoms with Crippen LogP contribution in [0.5, 0.6) is 0 Å². The van der Waals surface area contributed by atoms with E-state index in [1.54, 1.807) is 78.6 Å². The van der Waals surface area contributed by atoms with Gasteiger partial charge in [-0.1, -0.05) is 150 Å². The van der Waals surface area contributed by atoms with E-state index in [2.05, 4.69) is 32.7 Å². The summed E-state index contributed by atoms with van der Waals surface area (Å²) in [6.45, 7) is 25.0. The fourth-order valence-electron chi connectivity index (χ4n) is 7.89. The number of hydrogen-bond acceptors (Lipinski definition) is 26. The summed E-state index contributed by atoms with van der Waals surface area (Å²) in [6.07, 6.45) is 12.7. The fourth-order valence-corrected chi connectivity index (χ4v) is 11.4. The zero-order valence-corrected chi connectivity index (χ0v) is 71.1. The van der Waals surface area contributed by atoms with Crippen molar-refractivity contribution in [1.82, 2.24) is 15.1 Å². The van der Waals surface area contributed by atoms with Crippen molar-refractivity contribution in [3.8, 4) is 0 Å². The van der Waals surface area contributed by atoms with Gasteiger partial charge in [-0.15, -0.1) is 11.3 Å². The Morgan fingerprint density at radius 2 is 1.03 bits per heavy atom. The lowest BCUT2D eigenvalue weighted by atomic mass is 9.76. The summed E-state index contributed by atoms with van der Waals surface area (Å²) < 4.78 is 128. The molecule has 0 radical (unpaired) electrons. The molecule has 0 spiro atoms. The quantitative estimate of drug-likeness (QED) is 0.0282. The first-order valence-electron chi connectivity index (χ1n) is 33.4. The molecule has 2 aliphatic heterocycles. The first-order chi connectivity index (χ1) is 51.6. The monoisotopic (exact) mass is 1710 g/mol. The molecule has 37 heteroatoms. The highest BCUT2D eigenvalue weighted by Gasteiger charge is 2.33. The van der Waals surface area contributed by atoms with Crippen LogP contribution in [-0.4, -0.2) is 171 Å². The van der Waals surface area contributed by atoms with Gasteiger partial charge in [0, 0.05) is 111 Å². The van der Waals surface area contributed by atoms with Gasteiger partial charge in [0.15, 0.2) is 0 Å². The van der Waals surface area contributed by atoms with Crippen LogP contribution in [0.3, 0.4) is 0 Å². The van der Waals surface area contributed by atoms with Gasteiger partial charge in [0.25, 0.3) is 5.69 Å². The maximum absolute atomic E-state index is 11.0. The van der Waals surface area contributed by atoms with Crippen LogP contribution in [0.2, 0.25) is 5.02 Å². The highest BCUT2D eigenvalue weighted by Crippen LogP contribution is 2.31. The molecule has 8 unspecified atom stereocenters. The molecule has 4 amide bonds. The van der Waals surface area contributed by atoms with Crippen LogP contribution in [0.15, 0.2) is 180 Å². The van der Waals surface area contributed by atoms with Crippen LogP contribution < -0.4 is 10.4 Å². The van der Waals surface area contributed by atoms with Gasteiger partial charge < -0.3 is 52.9 Å². The predicted octanol–water partition coefficient (Wildman–Crippen LogP) is 11.1. The third-order valence-corrected chi connectivity index (χ3v) is 19.8. The molecule has 6 aromatic rings. The number of nitro groups is 1. The number of Topliss-reactive ketones (excluding diaryl/α,β-unsaturated/α-hetero) is 2. The molecule has 1 saturated carbocycles. The number of carbonyl (C=O) groups is 6. The number of ether oxygens (including phenoxy) is 1. The first-order valence-corrected chi connectivity index (χ1v) is 43.3. The van der Waals surface area contributed by atoms with E-state index < -0.39 is 117 Å². The third kappa shape index (κ3) is 57.3. The number of hydrogen-bond donors (Lipinski definition) is 3. The first kappa shape index (κ1) is 110. The molecule has 1 aliphatic carbocycles. The van der Waals surface area contributed by atoms with E-state index in [0.717, 1.165) is 88.6 Å². The number of nitro benzene ring substituents is 1. The number of urea groups is 1. The maximum Gasteiger partial charge on any atom is 0.332 e. The Morgan fingerprint density at radius 3 is 1.28 bits per heavy atom. The van der Waals surface area contributed by atoms with Crippen molar-refractivity contribution in [2.75, 3.05) is 58.8 Å². The van der Waals surface area contributed by atoms with Crippen molar-refractivity contribution < 1.29 is 106 Å². The van der Waals surface area contributed by atoms with Gasteiger partial charge in [0.1, 0.15) is 28.9 Å². The minimum Gasteiger partial charge on any atom is -0.771 e. The Hall–Kier alpha value is -6.82. The molecule has 618 valence electrons. The van der Waals surface area contributed by atoms with Crippen molar-refractivity contribution in [1.29, 1.82) is 0 Å². The summed E-state index contributed by atoms with van der Waals surface area (Å²) in [5, 5.41) is 40.3. The molecule has 3 aliphatic rings. The zero-order chi connectivity index (χ0) is 85.1. The molecule has 3 fully saturated rings. The molecular formula is C73H101ClN4O24S8-6. The van der Waals surface area contributed by atoms with Crippen LogP contribution in [0.1, 0.15) is 129 Å². The average Bonchev–Trinajstić information content (AvgIpc) is 0.920. The minimum atomic E-state index is -2.48. The molecule has 9 rings (SSSR count). The van der Waals surface area contributed by atoms with E-state index in [0.29, 0.717) is 33.3 Å². The number of aliphatic hydroxyl groups is 2. The van der Waals surface area contributed by atoms with E-state index in [-0.39, 0.29) is 45.7 Å². The van der Waals surface area contributed by atoms with Crippen molar-refractivity contribution >= 4 is 141 Å². The van der Waals surface area contributed by atoms with E-state index in [9.17, 15) is 87.5 Å². The molecule has 1 aromatic heterocycles. The lowest BCUT2D eigenvalue weighted by molar-refractivity contribution is -0.384. The second-order valence-corrected chi connectivity index (χ2v) is 32.3. The molecule has 3 N–H and O–H groups in total. The summed E-state index contributed by atoms with van der Waals surface area (Å²) in [5.41, 5.74) is 2.84. The number of imide groups is 2. The molecule has 3 heterocycles. The van der Waals surface area contributed by atoms with Gasteiger partial charge in [-0.05, 0) is 205 Å². The number of carboxylic acids is 1. The van der Waals surface area contributed by atoms with Crippen LogP contribution in [0.25, 0.3) is 0 Å². The number of rotatable bonds is 15. The smallest absolute Gasteiger partial charge is 0.332 e. The SMILES string of the molecule is C1CCOCC1.C=CO.CC1(C)CC(=O)CC(=O)C1.CCCCC(CC)C(=O)[O-].CCNCC.CN1C(=O)CC(=O)N(C)C1=O.CS(=O)c1ccccc1.Cc1ccc(S(=O)[O-])cc1.Cc1ccc(S(=O)[O-])cc1.Cc1ccc(S(C)=O)cc1.O=S([O-])CO.O=S([O-])c1cccs1.O=[N+]([O-])c1cc(S(=O)[O-])ccc1Cl. The number of thiophene rings is 1. The lowest BCUT2D eigenvalue weighted by Gasteiger charge is -2.26. The van der Waals surface area contributed by atoms with Crippen LogP contribution in [-0.2, 0) is 106 Å². The van der Waals surface area contributed by atoms with Crippen molar-refractivity contribution in [2.24, 2.45) is 11.3 Å². The number of aryl methyl sites for hydroxylation is 3. The lowest BCUT2D eigenvalue weighted by Crippen LogP contribution is -2.51. The van der Waals surface area contributed by atoms with Gasteiger partial charge in [0.05, 0.1) is 21.8 Å². The topological polar surface area (TPSA) is 472 Å². The minimum absolute atomic E-state index is 0.0770. The van der Waals surface area contributed by atoms with Gasteiger partial charge in [-0.2, -0.15) is 0 Å². The van der Waals surface area contributed by atoms with E-state index >= 15 is 0 Å². The standard InChI is InChI=1S/C8H12O2.C8H16O2.C8H10OS.2C7H8O2S.C7H8OS.C6H4ClNO4S.C6H8N2O3.C5H10O.C4H11N.C4H4O2S2.C2H4O.CH4O3S/c1-8(2)4-6(9)3-7(10)5-8;1-3-5-6-7(4-2)8(9)10;1-7-3-5-8(6-4-7)10(2)9;2*1-6-2-4-7(5-3-6)10(8)9;1-9(8)7-5-3-2-4-6-7;7-5-2-1-4(13(11)12)3-6(5)8(9)10;1-7-4(9)3-5(10)8(2)6(7)11;1-2-4-6-5-3-1;1-3-5-4-2;5-8(6)4-2-1-3-7-4;1-2-3;2-1-5(3)4/h3-5H2,1-2H3;7H,3-6H2,1-2H3,(H,9,10);3-6H,1-2H3;2*2-5H,1H3,(H,8,9);2-6H,1H3;1-3H,(H,11,12);3H2,1-2H3;1-5H2;5H,3-4H2,1-2H3;1-3H,(H,5,6);2-3H,1H2;2H,1H2,(H,3,4)/p-6. The number of carbonyl (C=O) groups excluding carboxylic acids is 6. The summed E-state index contributed by atoms with van der Waals surface area (Å²) >= 11 is -4.28. The number of aliphatic hydroxyl groups excluding tert-OH is 2. The molecule has 8 atom stereocenters. The van der Waals surface area contributed by atoms with Crippen LogP contribution >= 0.6 is 22.9 Å². The number of aliphatic carboxylic acids is 1. The number of amides is 4. The van der Waals surface area contributed by atoms with Gasteiger partial charge >= 0.3 is 6.03 Å². The van der Waals surface area contributed by atoms with E-state index in [1.165, 1.54) is 62.4 Å². The molecule has 28 nitrogen and oxygen atoms in total. The van der Waals surface area contributed by atoms with Gasteiger partial charge in [-0.25, -0.2) is 4.79 Å². The van der Waals surface area contributed by atoms with Gasteiger partial charge in [0.2, 0.25) is 11.8 Å². The molecule has 110 heavy (non-hydrogen) atoms. The number of carboxylic acid groups (broad SMARTS) is 1. The van der Waals surface area contributed by atoms with Crippen molar-refractivity contribution in [3.63, 3.8) is 0 Å². The molecule has 2 saturated heterocycles. The molecule has 0 bridgehead atoms. The number of ketones is 2. The van der Waals surface area contributed by atoms with Crippen LogP contribution in [0, 0.1) is 42.2 Å². The summed E-state index contributed by atoms with van der Waals surface area (Å²) in [4.78, 5) is 78.4. The Balaban J connectivity index is -0.000000559. The number of halogens is 1. The van der Waals surface area contributed by atoms with Gasteiger partial charge in [-0.3, -0.25) is 68.6 Å². The Kier molecular flexibility index (Phi) is 65.4. The average molecular weight is 1710 g/mol. The van der Waals surface area contributed by atoms with Crippen molar-refractivity contribution in [3.05, 3.63) is 184 Å². The van der Waals surface area contributed by atoms with Crippen LogP contribution in [0.4, 0.5) is 10.5 Å². The summed E-state index contributed by atoms with van der Waals surface area (Å²) in [7, 11) is 1.04. The Bertz CT molecular complexity index is 3610. The summed E-state index contributed by atoms with van der Waals surface area (Å²) in [6, 6.07) is 36.5. The Morgan fingerprint density at radius 1 is 0.636 bits per heavy atom. The normalized spacial score (nSPS) is 15.0. The number of nitrogens with zero attached hydrogens (tertiary/aromatic N) is 3.